The Labute approximate surface area is 373 Å². The van der Waals surface area contributed by atoms with Gasteiger partial charge in [-0.05, 0) is 142 Å². The van der Waals surface area contributed by atoms with Crippen molar-refractivity contribution in [1.29, 1.82) is 0 Å². The lowest BCUT2D eigenvalue weighted by molar-refractivity contribution is 0.660. The Morgan fingerprint density at radius 2 is 1.00 bits per heavy atom. The van der Waals surface area contributed by atoms with Crippen LogP contribution in [0.2, 0.25) is 0 Å². The van der Waals surface area contributed by atoms with Crippen LogP contribution in [0.1, 0.15) is 58.0 Å². The van der Waals surface area contributed by atoms with Crippen LogP contribution in [0.4, 0.5) is 0 Å². The molecule has 6 aromatic carbocycles. The average molecular weight is 821 g/mol. The minimum Gasteiger partial charge on any atom is -0.317 e. The molecule has 0 amide bonds. The SMILES string of the molecule is C1=C(c2ccccc2-c2ccccc2)CCc2c1c1c(n2-c2ccncc2)CC2C(=C1)CCc1cc3c4cc(-c5ccccc5-c5ccccc5)ccc4n(-c4ccncc4)c3cc12. The van der Waals surface area contributed by atoms with Gasteiger partial charge in [-0.3, -0.25) is 9.97 Å². The number of rotatable bonds is 6. The summed E-state index contributed by atoms with van der Waals surface area (Å²) in [6.45, 7) is 0. The van der Waals surface area contributed by atoms with Gasteiger partial charge in [0.05, 0.1) is 11.0 Å². The number of nitrogens with zero attached hydrogens (tertiary/aromatic N) is 4. The van der Waals surface area contributed by atoms with E-state index in [-0.39, 0.29) is 5.92 Å². The number of aryl methyl sites for hydroxylation is 1. The molecule has 4 heterocycles. The van der Waals surface area contributed by atoms with E-state index in [9.17, 15) is 0 Å². The largest absolute Gasteiger partial charge is 0.317 e. The molecule has 1 unspecified atom stereocenters. The minimum absolute atomic E-state index is 0.289. The van der Waals surface area contributed by atoms with Crippen LogP contribution in [0.15, 0.2) is 194 Å². The molecule has 0 N–H and O–H groups in total. The maximum atomic E-state index is 4.44. The number of allylic oxidation sites excluding steroid dienone is 2. The molecular formula is C60H44N4. The predicted octanol–water partition coefficient (Wildman–Crippen LogP) is 14.5. The quantitative estimate of drug-likeness (QED) is 0.167. The van der Waals surface area contributed by atoms with E-state index in [4.69, 9.17) is 0 Å². The first-order valence-electron chi connectivity index (χ1n) is 22.6. The molecular weight excluding hydrogens is 777 g/mol. The van der Waals surface area contributed by atoms with Gasteiger partial charge in [0, 0.05) is 75.4 Å². The first kappa shape index (κ1) is 36.8. The molecule has 13 rings (SSSR count). The fourth-order valence-corrected chi connectivity index (χ4v) is 11.3. The van der Waals surface area contributed by atoms with Gasteiger partial charge in [-0.15, -0.1) is 0 Å². The fourth-order valence-electron chi connectivity index (χ4n) is 11.3. The third-order valence-corrected chi connectivity index (χ3v) is 14.2. The topological polar surface area (TPSA) is 35.6 Å². The summed E-state index contributed by atoms with van der Waals surface area (Å²) in [5.74, 6) is 0.289. The van der Waals surface area contributed by atoms with Crippen LogP contribution in [0.25, 0.3) is 84.3 Å². The molecule has 3 aliphatic rings. The summed E-state index contributed by atoms with van der Waals surface area (Å²) in [6, 6.07) is 60.1. The molecule has 4 heteroatoms. The molecule has 0 bridgehead atoms. The van der Waals surface area contributed by atoms with Crippen molar-refractivity contribution in [1.82, 2.24) is 19.1 Å². The Morgan fingerprint density at radius 3 is 1.69 bits per heavy atom. The maximum Gasteiger partial charge on any atom is 0.0544 e. The van der Waals surface area contributed by atoms with Crippen LogP contribution < -0.4 is 0 Å². The van der Waals surface area contributed by atoms with Crippen molar-refractivity contribution < 1.29 is 0 Å². The van der Waals surface area contributed by atoms with Gasteiger partial charge in [0.25, 0.3) is 0 Å². The average Bonchev–Trinajstić information content (AvgIpc) is 3.87. The highest BCUT2D eigenvalue weighted by Gasteiger charge is 2.35. The van der Waals surface area contributed by atoms with Crippen molar-refractivity contribution in [3.05, 3.63) is 233 Å². The van der Waals surface area contributed by atoms with E-state index in [2.05, 4.69) is 195 Å². The molecule has 64 heavy (non-hydrogen) atoms. The standard InChI is InChI=1S/C60H44N4/c1-3-11-39(12-4-1)47-15-7-9-17-49(47)41-21-23-57-53(33-41)55-35-43-19-20-44-36-56-54-34-42(50-18-10-8-16-48(50)40-13-5-2-6-14-40)22-24-58(54)64(46-27-31-62-32-28-46)60(56)38-52(44)51(43)37-59(55)63(57)45-25-29-61-30-26-45/h1-18,21,23,25-37,52H,19-20,22,24,38H2. The van der Waals surface area contributed by atoms with Crippen molar-refractivity contribution in [2.45, 2.75) is 38.0 Å². The highest BCUT2D eigenvalue weighted by atomic mass is 15.0. The third-order valence-electron chi connectivity index (χ3n) is 14.2. The second kappa shape index (κ2) is 14.9. The summed E-state index contributed by atoms with van der Waals surface area (Å²) in [4.78, 5) is 8.86. The molecule has 0 saturated heterocycles. The Kier molecular flexibility index (Phi) is 8.58. The van der Waals surface area contributed by atoms with Gasteiger partial charge in [-0.1, -0.05) is 127 Å². The van der Waals surface area contributed by atoms with Gasteiger partial charge in [-0.2, -0.15) is 0 Å². The fraction of sp³-hybridized carbons (Fsp3) is 0.100. The lowest BCUT2D eigenvalue weighted by atomic mass is 9.72. The molecule has 1 atom stereocenters. The van der Waals surface area contributed by atoms with Crippen molar-refractivity contribution in [3.63, 3.8) is 0 Å². The highest BCUT2D eigenvalue weighted by molar-refractivity contribution is 6.11. The van der Waals surface area contributed by atoms with E-state index in [1.807, 2.05) is 24.8 Å². The number of aromatic nitrogens is 4. The Balaban J connectivity index is 0.970. The van der Waals surface area contributed by atoms with Gasteiger partial charge in [0.1, 0.15) is 0 Å². The van der Waals surface area contributed by atoms with Crippen LogP contribution in [0.5, 0.6) is 0 Å². The molecule has 0 saturated carbocycles. The minimum atomic E-state index is 0.289. The molecule has 0 spiro atoms. The normalized spacial score (nSPS) is 15.2. The van der Waals surface area contributed by atoms with Crippen molar-refractivity contribution >= 4 is 39.5 Å². The summed E-state index contributed by atoms with van der Waals surface area (Å²) in [7, 11) is 0. The lowest BCUT2D eigenvalue weighted by Crippen LogP contribution is -2.20. The number of hydrogen-bond donors (Lipinski definition) is 0. The first-order valence-corrected chi connectivity index (χ1v) is 22.6. The van der Waals surface area contributed by atoms with Crippen molar-refractivity contribution in [2.24, 2.45) is 0 Å². The molecule has 4 nitrogen and oxygen atoms in total. The van der Waals surface area contributed by atoms with Crippen LogP contribution in [-0.4, -0.2) is 19.1 Å². The number of fused-ring (bicyclic) bond motifs is 9. The van der Waals surface area contributed by atoms with Gasteiger partial charge < -0.3 is 9.13 Å². The summed E-state index contributed by atoms with van der Waals surface area (Å²) < 4.78 is 5.05. The summed E-state index contributed by atoms with van der Waals surface area (Å²) in [5.41, 5.74) is 25.1. The van der Waals surface area contributed by atoms with E-state index in [0.717, 1.165) is 37.8 Å². The highest BCUT2D eigenvalue weighted by Crippen LogP contribution is 2.50. The summed E-state index contributed by atoms with van der Waals surface area (Å²) in [6.07, 6.45) is 17.8. The van der Waals surface area contributed by atoms with Crippen LogP contribution >= 0.6 is 0 Å². The number of benzene rings is 6. The van der Waals surface area contributed by atoms with Gasteiger partial charge in [0.15, 0.2) is 0 Å². The van der Waals surface area contributed by atoms with Crippen LogP contribution in [-0.2, 0) is 19.3 Å². The summed E-state index contributed by atoms with van der Waals surface area (Å²) >= 11 is 0. The van der Waals surface area contributed by atoms with Gasteiger partial charge >= 0.3 is 0 Å². The van der Waals surface area contributed by atoms with Crippen molar-refractivity contribution in [2.75, 3.05) is 0 Å². The first-order chi connectivity index (χ1) is 31.7. The lowest BCUT2D eigenvalue weighted by Gasteiger charge is -2.32. The second-order valence-electron chi connectivity index (χ2n) is 17.6. The zero-order valence-corrected chi connectivity index (χ0v) is 35.5. The zero-order valence-electron chi connectivity index (χ0n) is 35.5. The molecule has 0 radical (unpaired) electrons. The second-order valence-corrected chi connectivity index (χ2v) is 17.6. The van der Waals surface area contributed by atoms with E-state index in [0.29, 0.717) is 0 Å². The zero-order chi connectivity index (χ0) is 42.1. The van der Waals surface area contributed by atoms with E-state index in [1.165, 1.54) is 106 Å². The molecule has 10 aromatic rings. The Bertz CT molecular complexity index is 3500. The van der Waals surface area contributed by atoms with E-state index < -0.39 is 0 Å². The van der Waals surface area contributed by atoms with Crippen LogP contribution in [0, 0.1) is 0 Å². The molecule has 0 fully saturated rings. The Hall–Kier alpha value is -7.82. The smallest absolute Gasteiger partial charge is 0.0544 e. The number of pyridine rings is 2. The molecule has 304 valence electrons. The molecule has 4 aromatic heterocycles. The van der Waals surface area contributed by atoms with Gasteiger partial charge in [0.2, 0.25) is 0 Å². The van der Waals surface area contributed by atoms with Crippen molar-refractivity contribution in [3.8, 4) is 44.8 Å². The monoisotopic (exact) mass is 820 g/mol. The van der Waals surface area contributed by atoms with E-state index in [1.54, 1.807) is 5.57 Å². The van der Waals surface area contributed by atoms with Crippen LogP contribution in [0.3, 0.4) is 0 Å². The summed E-state index contributed by atoms with van der Waals surface area (Å²) in [5, 5.41) is 2.58. The maximum absolute atomic E-state index is 4.44. The van der Waals surface area contributed by atoms with E-state index >= 15 is 0 Å². The molecule has 0 aliphatic heterocycles. The molecule has 3 aliphatic carbocycles. The predicted molar refractivity (Wildman–Crippen MR) is 264 cm³/mol. The number of hydrogen-bond acceptors (Lipinski definition) is 2. The Morgan fingerprint density at radius 1 is 0.422 bits per heavy atom. The third kappa shape index (κ3) is 5.90. The van der Waals surface area contributed by atoms with Gasteiger partial charge in [-0.25, -0.2) is 0 Å².